The van der Waals surface area contributed by atoms with E-state index in [1.807, 2.05) is 30.0 Å². The Balaban J connectivity index is 2.06. The molecule has 1 aromatic carbocycles. The van der Waals surface area contributed by atoms with Gasteiger partial charge in [-0.15, -0.1) is 0 Å². The van der Waals surface area contributed by atoms with Crippen LogP contribution in [-0.2, 0) is 9.59 Å². The molecule has 0 bridgehead atoms. The second-order valence-corrected chi connectivity index (χ2v) is 5.30. The minimum Gasteiger partial charge on any atom is -0.326 e. The lowest BCUT2D eigenvalue weighted by atomic mass is 10.1. The van der Waals surface area contributed by atoms with E-state index in [1.54, 1.807) is 0 Å². The number of nitrogens with zero attached hydrogens (tertiary/aromatic N) is 1. The highest BCUT2D eigenvalue weighted by molar-refractivity contribution is 5.97. The van der Waals surface area contributed by atoms with Crippen molar-refractivity contribution >= 4 is 23.2 Å². The summed E-state index contributed by atoms with van der Waals surface area (Å²) in [7, 11) is 0. The molecule has 1 aromatic rings. The lowest BCUT2D eigenvalue weighted by molar-refractivity contribution is -0.117. The maximum absolute atomic E-state index is 11.8. The van der Waals surface area contributed by atoms with Crippen molar-refractivity contribution in [2.45, 2.75) is 46.0 Å². The molecule has 0 aliphatic carbocycles. The maximum Gasteiger partial charge on any atom is 0.227 e. The third-order valence-electron chi connectivity index (χ3n) is 3.60. The first kappa shape index (κ1) is 14.6. The van der Waals surface area contributed by atoms with Gasteiger partial charge in [0.15, 0.2) is 0 Å². The van der Waals surface area contributed by atoms with Crippen LogP contribution in [0.25, 0.3) is 0 Å². The van der Waals surface area contributed by atoms with E-state index in [0.29, 0.717) is 12.8 Å². The first-order valence-corrected chi connectivity index (χ1v) is 7.32. The third-order valence-corrected chi connectivity index (χ3v) is 3.60. The molecular weight excluding hydrogens is 252 g/mol. The lowest BCUT2D eigenvalue weighted by Gasteiger charge is -2.19. The molecule has 0 atom stereocenters. The highest BCUT2D eigenvalue weighted by Crippen LogP contribution is 2.27. The Morgan fingerprint density at radius 1 is 1.40 bits per heavy atom. The standard InChI is InChI=1S/C16H22N2O2/c1-3-4-6-15(19)17-13-8-9-14(12(2)11-13)18-10-5-7-16(18)20/h8-9,11H,3-7,10H2,1-2H3,(H,17,19). The number of carbonyl (C=O) groups excluding carboxylic acids is 2. The van der Waals surface area contributed by atoms with E-state index in [9.17, 15) is 9.59 Å². The van der Waals surface area contributed by atoms with Gasteiger partial charge in [-0.3, -0.25) is 9.59 Å². The fourth-order valence-corrected chi connectivity index (χ4v) is 2.50. The molecule has 108 valence electrons. The molecule has 0 radical (unpaired) electrons. The molecule has 4 heteroatoms. The number of amides is 2. The Morgan fingerprint density at radius 3 is 2.80 bits per heavy atom. The largest absolute Gasteiger partial charge is 0.326 e. The fraction of sp³-hybridized carbons (Fsp3) is 0.500. The number of aryl methyl sites for hydroxylation is 1. The van der Waals surface area contributed by atoms with Gasteiger partial charge >= 0.3 is 0 Å². The topological polar surface area (TPSA) is 49.4 Å². The van der Waals surface area contributed by atoms with E-state index >= 15 is 0 Å². The Hall–Kier alpha value is -1.84. The molecule has 4 nitrogen and oxygen atoms in total. The van der Waals surface area contributed by atoms with Crippen molar-refractivity contribution in [1.82, 2.24) is 0 Å². The molecule has 1 N–H and O–H groups in total. The van der Waals surface area contributed by atoms with Crippen LogP contribution in [0.1, 0.15) is 44.6 Å². The quantitative estimate of drug-likeness (QED) is 0.896. The SMILES string of the molecule is CCCCC(=O)Nc1ccc(N2CCCC2=O)c(C)c1. The van der Waals surface area contributed by atoms with Crippen molar-refractivity contribution in [2.75, 3.05) is 16.8 Å². The number of benzene rings is 1. The van der Waals surface area contributed by atoms with Crippen LogP contribution in [0.2, 0.25) is 0 Å². The predicted molar refractivity (Wildman–Crippen MR) is 80.9 cm³/mol. The molecule has 0 aromatic heterocycles. The second-order valence-electron chi connectivity index (χ2n) is 5.30. The van der Waals surface area contributed by atoms with Crippen LogP contribution < -0.4 is 10.2 Å². The summed E-state index contributed by atoms with van der Waals surface area (Å²) in [6.07, 6.45) is 4.04. The van der Waals surface area contributed by atoms with Gasteiger partial charge < -0.3 is 10.2 Å². The number of nitrogens with one attached hydrogen (secondary N) is 1. The van der Waals surface area contributed by atoms with Crippen LogP contribution in [0.5, 0.6) is 0 Å². The number of carbonyl (C=O) groups is 2. The van der Waals surface area contributed by atoms with Gasteiger partial charge in [-0.25, -0.2) is 0 Å². The van der Waals surface area contributed by atoms with Crippen molar-refractivity contribution in [3.63, 3.8) is 0 Å². The zero-order valence-electron chi connectivity index (χ0n) is 12.2. The maximum atomic E-state index is 11.8. The predicted octanol–water partition coefficient (Wildman–Crippen LogP) is 3.25. The van der Waals surface area contributed by atoms with Crippen molar-refractivity contribution < 1.29 is 9.59 Å². The number of anilines is 2. The Bertz CT molecular complexity index is 511. The van der Waals surface area contributed by atoms with Gasteiger partial charge in [-0.05, 0) is 43.5 Å². The van der Waals surface area contributed by atoms with E-state index in [-0.39, 0.29) is 11.8 Å². The van der Waals surface area contributed by atoms with Gasteiger partial charge in [-0.1, -0.05) is 13.3 Å². The smallest absolute Gasteiger partial charge is 0.227 e. The number of hydrogen-bond acceptors (Lipinski definition) is 2. The third kappa shape index (κ3) is 3.38. The highest BCUT2D eigenvalue weighted by Gasteiger charge is 2.22. The van der Waals surface area contributed by atoms with E-state index in [0.717, 1.165) is 42.7 Å². The monoisotopic (exact) mass is 274 g/mol. The Labute approximate surface area is 120 Å². The summed E-state index contributed by atoms with van der Waals surface area (Å²) in [5.41, 5.74) is 2.78. The van der Waals surface area contributed by atoms with Crippen LogP contribution in [-0.4, -0.2) is 18.4 Å². The van der Waals surface area contributed by atoms with E-state index in [1.165, 1.54) is 0 Å². The van der Waals surface area contributed by atoms with Crippen molar-refractivity contribution in [3.05, 3.63) is 23.8 Å². The van der Waals surface area contributed by atoms with Gasteiger partial charge in [-0.2, -0.15) is 0 Å². The van der Waals surface area contributed by atoms with Gasteiger partial charge in [0.25, 0.3) is 0 Å². The van der Waals surface area contributed by atoms with Crippen molar-refractivity contribution in [2.24, 2.45) is 0 Å². The number of unbranched alkanes of at least 4 members (excludes halogenated alkanes) is 1. The summed E-state index contributed by atoms with van der Waals surface area (Å²) < 4.78 is 0. The summed E-state index contributed by atoms with van der Waals surface area (Å²) in [5, 5.41) is 2.90. The van der Waals surface area contributed by atoms with Crippen molar-refractivity contribution in [1.29, 1.82) is 0 Å². The molecule has 1 aliphatic rings. The summed E-state index contributed by atoms with van der Waals surface area (Å²) in [6, 6.07) is 5.73. The van der Waals surface area contributed by atoms with E-state index < -0.39 is 0 Å². The fourth-order valence-electron chi connectivity index (χ4n) is 2.50. The molecule has 0 unspecified atom stereocenters. The molecular formula is C16H22N2O2. The second kappa shape index (κ2) is 6.55. The van der Waals surface area contributed by atoms with Crippen LogP contribution >= 0.6 is 0 Å². The molecule has 2 amide bonds. The van der Waals surface area contributed by atoms with Crippen LogP contribution in [0, 0.1) is 6.92 Å². The first-order chi connectivity index (χ1) is 9.61. The van der Waals surface area contributed by atoms with Crippen LogP contribution in [0.3, 0.4) is 0 Å². The van der Waals surface area contributed by atoms with Gasteiger partial charge in [0.2, 0.25) is 11.8 Å². The zero-order valence-corrected chi connectivity index (χ0v) is 12.2. The van der Waals surface area contributed by atoms with Crippen molar-refractivity contribution in [3.8, 4) is 0 Å². The molecule has 1 fully saturated rings. The molecule has 2 rings (SSSR count). The summed E-state index contributed by atoms with van der Waals surface area (Å²) in [6.45, 7) is 4.84. The molecule has 1 saturated heterocycles. The molecule has 0 saturated carbocycles. The molecule has 20 heavy (non-hydrogen) atoms. The Kier molecular flexibility index (Phi) is 4.77. The zero-order chi connectivity index (χ0) is 14.5. The van der Waals surface area contributed by atoms with E-state index in [4.69, 9.17) is 0 Å². The number of rotatable bonds is 5. The normalized spacial score (nSPS) is 14.7. The average molecular weight is 274 g/mol. The highest BCUT2D eigenvalue weighted by atomic mass is 16.2. The first-order valence-electron chi connectivity index (χ1n) is 7.32. The average Bonchev–Trinajstić information content (AvgIpc) is 2.83. The molecule has 1 heterocycles. The van der Waals surface area contributed by atoms with Gasteiger partial charge in [0, 0.05) is 30.8 Å². The molecule has 0 spiro atoms. The van der Waals surface area contributed by atoms with Crippen LogP contribution in [0.15, 0.2) is 18.2 Å². The molecule has 1 aliphatic heterocycles. The summed E-state index contributed by atoms with van der Waals surface area (Å²) in [4.78, 5) is 25.3. The minimum absolute atomic E-state index is 0.0521. The minimum atomic E-state index is 0.0521. The lowest BCUT2D eigenvalue weighted by Crippen LogP contribution is -2.24. The van der Waals surface area contributed by atoms with E-state index in [2.05, 4.69) is 12.2 Å². The van der Waals surface area contributed by atoms with Crippen LogP contribution in [0.4, 0.5) is 11.4 Å². The van der Waals surface area contributed by atoms with Gasteiger partial charge in [0.1, 0.15) is 0 Å². The number of hydrogen-bond donors (Lipinski definition) is 1. The Morgan fingerprint density at radius 2 is 2.20 bits per heavy atom. The summed E-state index contributed by atoms with van der Waals surface area (Å²) in [5.74, 6) is 0.240. The summed E-state index contributed by atoms with van der Waals surface area (Å²) >= 11 is 0. The van der Waals surface area contributed by atoms with Gasteiger partial charge in [0.05, 0.1) is 0 Å².